The van der Waals surface area contributed by atoms with Crippen molar-refractivity contribution in [3.8, 4) is 6.07 Å². The Kier molecular flexibility index (Phi) is 5.60. The number of pyridine rings is 1. The Morgan fingerprint density at radius 3 is 2.76 bits per heavy atom. The maximum absolute atomic E-state index is 11.1. The van der Waals surface area contributed by atoms with Gasteiger partial charge in [0.1, 0.15) is 6.07 Å². The minimum absolute atomic E-state index is 0.0205. The molecule has 0 radical (unpaired) electrons. The molecule has 8 heteroatoms. The third-order valence-corrected chi connectivity index (χ3v) is 2.86. The van der Waals surface area contributed by atoms with Gasteiger partial charge in [0.2, 0.25) is 5.82 Å². The van der Waals surface area contributed by atoms with Crippen molar-refractivity contribution in [2.45, 2.75) is 32.7 Å². The van der Waals surface area contributed by atoms with Crippen LogP contribution in [0.4, 0.5) is 11.5 Å². The maximum atomic E-state index is 11.1. The van der Waals surface area contributed by atoms with Gasteiger partial charge in [-0.2, -0.15) is 5.26 Å². The molecular weight excluding hydrogens is 276 g/mol. The summed E-state index contributed by atoms with van der Waals surface area (Å²) in [6, 6.07) is 2.90. The van der Waals surface area contributed by atoms with Crippen LogP contribution in [0.5, 0.6) is 0 Å². The Morgan fingerprint density at radius 2 is 2.29 bits per heavy atom. The molecule has 0 amide bonds. The number of anilines is 1. The summed E-state index contributed by atoms with van der Waals surface area (Å²) in [5.74, 6) is -0.764. The molecule has 1 rings (SSSR count). The van der Waals surface area contributed by atoms with Crippen LogP contribution in [0.15, 0.2) is 12.3 Å². The second-order valence-electron chi connectivity index (χ2n) is 4.72. The van der Waals surface area contributed by atoms with Crippen LogP contribution in [-0.4, -0.2) is 33.6 Å². The minimum atomic E-state index is -0.916. The van der Waals surface area contributed by atoms with Gasteiger partial charge in [-0.25, -0.2) is 4.98 Å². The average molecular weight is 292 g/mol. The van der Waals surface area contributed by atoms with Gasteiger partial charge >= 0.3 is 11.7 Å². The van der Waals surface area contributed by atoms with Crippen LogP contribution in [0.3, 0.4) is 0 Å². The number of hydrogen-bond donors (Lipinski definition) is 1. The number of aliphatic carboxylic acids is 1. The van der Waals surface area contributed by atoms with Crippen molar-refractivity contribution in [1.29, 1.82) is 5.26 Å². The summed E-state index contributed by atoms with van der Waals surface area (Å²) < 4.78 is 0. The fourth-order valence-electron chi connectivity index (χ4n) is 1.87. The number of carbonyl (C=O) groups is 1. The average Bonchev–Trinajstić information content (AvgIpc) is 2.42. The molecule has 0 bridgehead atoms. The molecule has 0 aliphatic carbocycles. The van der Waals surface area contributed by atoms with E-state index in [1.54, 1.807) is 4.90 Å². The standard InChI is InChI=1S/C13H16N4O4/c1-9(2)16(5-3-4-12(18)19)13-11(17(20)21)6-10(7-14)8-15-13/h6,8-9H,3-5H2,1-2H3,(H,18,19). The lowest BCUT2D eigenvalue weighted by Gasteiger charge is -2.27. The van der Waals surface area contributed by atoms with E-state index >= 15 is 0 Å². The highest BCUT2D eigenvalue weighted by Crippen LogP contribution is 2.28. The molecule has 0 saturated heterocycles. The molecule has 1 aromatic heterocycles. The molecule has 112 valence electrons. The first kappa shape index (κ1) is 16.4. The molecule has 1 aromatic rings. The molecule has 0 saturated carbocycles. The predicted molar refractivity (Wildman–Crippen MR) is 75.0 cm³/mol. The number of rotatable bonds is 7. The Morgan fingerprint density at radius 1 is 1.62 bits per heavy atom. The number of nitrogens with zero attached hydrogens (tertiary/aromatic N) is 4. The predicted octanol–water partition coefficient (Wildman–Crippen LogP) is 1.94. The quantitative estimate of drug-likeness (QED) is 0.602. The van der Waals surface area contributed by atoms with Gasteiger partial charge in [0.15, 0.2) is 0 Å². The van der Waals surface area contributed by atoms with Gasteiger partial charge in [-0.3, -0.25) is 14.9 Å². The van der Waals surface area contributed by atoms with E-state index in [0.29, 0.717) is 13.0 Å². The van der Waals surface area contributed by atoms with Gasteiger partial charge in [0.05, 0.1) is 10.5 Å². The van der Waals surface area contributed by atoms with E-state index in [1.807, 2.05) is 19.9 Å². The van der Waals surface area contributed by atoms with Gasteiger partial charge in [-0.1, -0.05) is 0 Å². The maximum Gasteiger partial charge on any atom is 0.312 e. The van der Waals surface area contributed by atoms with Crippen molar-refractivity contribution < 1.29 is 14.8 Å². The van der Waals surface area contributed by atoms with Crippen molar-refractivity contribution in [2.75, 3.05) is 11.4 Å². The summed E-state index contributed by atoms with van der Waals surface area (Å²) in [6.45, 7) is 4.01. The third kappa shape index (κ3) is 4.42. The normalized spacial score (nSPS) is 10.2. The molecule has 0 aliphatic rings. The Bertz CT molecular complexity index is 580. The van der Waals surface area contributed by atoms with Gasteiger partial charge in [-0.05, 0) is 20.3 Å². The molecule has 0 aromatic carbocycles. The SMILES string of the molecule is CC(C)N(CCCC(=O)O)c1ncc(C#N)cc1[N+](=O)[O-]. The largest absolute Gasteiger partial charge is 0.481 e. The zero-order chi connectivity index (χ0) is 16.0. The van der Waals surface area contributed by atoms with Crippen LogP contribution in [0.25, 0.3) is 0 Å². The van der Waals surface area contributed by atoms with Gasteiger partial charge in [0, 0.05) is 31.3 Å². The van der Waals surface area contributed by atoms with Crippen LogP contribution in [0.2, 0.25) is 0 Å². The van der Waals surface area contributed by atoms with Crippen LogP contribution in [-0.2, 0) is 4.79 Å². The van der Waals surface area contributed by atoms with E-state index in [9.17, 15) is 14.9 Å². The lowest BCUT2D eigenvalue weighted by atomic mass is 10.2. The van der Waals surface area contributed by atoms with E-state index in [-0.39, 0.29) is 29.5 Å². The van der Waals surface area contributed by atoms with Gasteiger partial charge < -0.3 is 10.0 Å². The zero-order valence-corrected chi connectivity index (χ0v) is 11.8. The molecule has 8 nitrogen and oxygen atoms in total. The lowest BCUT2D eigenvalue weighted by Crippen LogP contribution is -2.33. The monoisotopic (exact) mass is 292 g/mol. The summed E-state index contributed by atoms with van der Waals surface area (Å²) in [4.78, 5) is 26.8. The molecule has 0 unspecified atom stereocenters. The van der Waals surface area contributed by atoms with E-state index < -0.39 is 10.9 Å². The number of hydrogen-bond acceptors (Lipinski definition) is 6. The van der Waals surface area contributed by atoms with Crippen molar-refractivity contribution >= 4 is 17.5 Å². The number of nitro groups is 1. The molecule has 1 N–H and O–H groups in total. The lowest BCUT2D eigenvalue weighted by molar-refractivity contribution is -0.384. The second-order valence-corrected chi connectivity index (χ2v) is 4.72. The van der Waals surface area contributed by atoms with Crippen LogP contribution in [0.1, 0.15) is 32.3 Å². The molecular formula is C13H16N4O4. The fourth-order valence-corrected chi connectivity index (χ4v) is 1.87. The highest BCUT2D eigenvalue weighted by molar-refractivity contribution is 5.67. The summed E-state index contributed by atoms with van der Waals surface area (Å²) in [7, 11) is 0. The molecule has 0 fully saturated rings. The summed E-state index contributed by atoms with van der Waals surface area (Å²) in [6.07, 6.45) is 1.61. The van der Waals surface area contributed by atoms with Crippen LogP contribution >= 0.6 is 0 Å². The Labute approximate surface area is 121 Å². The van der Waals surface area contributed by atoms with Crippen molar-refractivity contribution in [3.63, 3.8) is 0 Å². The molecule has 0 atom stereocenters. The van der Waals surface area contributed by atoms with Crippen LogP contribution in [0, 0.1) is 21.4 Å². The first-order chi connectivity index (χ1) is 9.86. The Balaban J connectivity index is 3.10. The molecule has 21 heavy (non-hydrogen) atoms. The summed E-state index contributed by atoms with van der Waals surface area (Å²) in [5.41, 5.74) is -0.141. The number of aromatic nitrogens is 1. The van der Waals surface area contributed by atoms with Gasteiger partial charge in [-0.15, -0.1) is 0 Å². The molecule has 0 spiro atoms. The number of nitriles is 1. The first-order valence-electron chi connectivity index (χ1n) is 6.39. The highest BCUT2D eigenvalue weighted by atomic mass is 16.6. The fraction of sp³-hybridized carbons (Fsp3) is 0.462. The summed E-state index contributed by atoms with van der Waals surface area (Å²) in [5, 5.41) is 28.6. The highest BCUT2D eigenvalue weighted by Gasteiger charge is 2.23. The van der Waals surface area contributed by atoms with E-state index in [1.165, 1.54) is 12.3 Å². The number of carboxylic acid groups (broad SMARTS) is 1. The van der Waals surface area contributed by atoms with Crippen LogP contribution < -0.4 is 4.90 Å². The summed E-state index contributed by atoms with van der Waals surface area (Å²) >= 11 is 0. The van der Waals surface area contributed by atoms with E-state index in [2.05, 4.69) is 4.98 Å². The zero-order valence-electron chi connectivity index (χ0n) is 11.8. The van der Waals surface area contributed by atoms with E-state index in [0.717, 1.165) is 0 Å². The van der Waals surface area contributed by atoms with Crippen molar-refractivity contribution in [2.24, 2.45) is 0 Å². The van der Waals surface area contributed by atoms with Gasteiger partial charge in [0.25, 0.3) is 0 Å². The Hall–Kier alpha value is -2.69. The minimum Gasteiger partial charge on any atom is -0.481 e. The van der Waals surface area contributed by atoms with Crippen molar-refractivity contribution in [3.05, 3.63) is 27.9 Å². The van der Waals surface area contributed by atoms with Crippen molar-refractivity contribution in [1.82, 2.24) is 4.98 Å². The molecule has 1 heterocycles. The third-order valence-electron chi connectivity index (χ3n) is 2.86. The number of carboxylic acids is 1. The first-order valence-corrected chi connectivity index (χ1v) is 6.39. The second kappa shape index (κ2) is 7.19. The van der Waals surface area contributed by atoms with E-state index in [4.69, 9.17) is 10.4 Å². The molecule has 0 aliphatic heterocycles. The smallest absolute Gasteiger partial charge is 0.312 e. The topological polar surface area (TPSA) is 120 Å².